The quantitative estimate of drug-likeness (QED) is 0.116. The molecule has 0 radical (unpaired) electrons. The number of hydrogen-bond donors (Lipinski definition) is 0. The van der Waals surface area contributed by atoms with Crippen molar-refractivity contribution >= 4 is 47.7 Å². The average molecular weight is 828 g/mol. The van der Waals surface area contributed by atoms with Crippen LogP contribution in [0.1, 0.15) is 32.1 Å². The fourth-order valence-electron chi connectivity index (χ4n) is 5.28. The van der Waals surface area contributed by atoms with Crippen molar-refractivity contribution in [2.24, 2.45) is 0 Å². The van der Waals surface area contributed by atoms with Gasteiger partial charge >= 0.3 is 0 Å². The second-order valence-electron chi connectivity index (χ2n) is 10.9. The van der Waals surface area contributed by atoms with E-state index in [0.29, 0.717) is 0 Å². The van der Waals surface area contributed by atoms with Gasteiger partial charge in [0.15, 0.2) is 0 Å². The molecule has 1 aliphatic rings. The van der Waals surface area contributed by atoms with Crippen molar-refractivity contribution in [3.05, 3.63) is 200 Å². The van der Waals surface area contributed by atoms with E-state index in [0.717, 1.165) is 0 Å². The Hall–Kier alpha value is -3.61. The SMILES string of the molecule is C1=CCCCCCC=1.[Pt].c1ccc(P(c2ccccc2)c2ccccc2)cc1.c1ccc(P(c2ccccc2)c2ccccc2)cc1. The van der Waals surface area contributed by atoms with Crippen LogP contribution in [-0.4, -0.2) is 0 Å². The van der Waals surface area contributed by atoms with E-state index < -0.39 is 15.8 Å². The van der Waals surface area contributed by atoms with Crippen LogP contribution in [0.3, 0.4) is 0 Å². The molecule has 1 aliphatic carbocycles. The van der Waals surface area contributed by atoms with Gasteiger partial charge < -0.3 is 0 Å². The molecule has 0 N–H and O–H groups in total. The number of benzene rings is 6. The van der Waals surface area contributed by atoms with Crippen molar-refractivity contribution in [2.45, 2.75) is 32.1 Å². The molecule has 0 amide bonds. The van der Waals surface area contributed by atoms with Gasteiger partial charge in [-0.3, -0.25) is 0 Å². The van der Waals surface area contributed by atoms with Crippen molar-refractivity contribution in [2.75, 3.05) is 0 Å². The molecule has 238 valence electrons. The van der Waals surface area contributed by atoms with Crippen LogP contribution in [0.2, 0.25) is 0 Å². The molecule has 0 saturated carbocycles. The standard InChI is InChI=1S/2C18H15P.C8H12.Pt/c2*1-4-10-16(11-5-1)19(17-12-6-2-7-13-17)18-14-8-3-9-15-18;1-2-4-6-8-7-5-3-1;/h2*1-15H;1,5H,2,4,6-8H2;. The maximum absolute atomic E-state index is 3.14. The van der Waals surface area contributed by atoms with Gasteiger partial charge in [-0.2, -0.15) is 0 Å². The van der Waals surface area contributed by atoms with Crippen LogP contribution in [-0.2, 0) is 21.1 Å². The van der Waals surface area contributed by atoms with E-state index in [2.05, 4.69) is 200 Å². The summed E-state index contributed by atoms with van der Waals surface area (Å²) in [5, 5.41) is 8.39. The van der Waals surface area contributed by atoms with Crippen molar-refractivity contribution in [1.29, 1.82) is 0 Å². The predicted molar refractivity (Wildman–Crippen MR) is 206 cm³/mol. The van der Waals surface area contributed by atoms with Crippen LogP contribution in [0.4, 0.5) is 0 Å². The molecule has 0 atom stereocenters. The van der Waals surface area contributed by atoms with Crippen LogP contribution in [0, 0.1) is 0 Å². The third-order valence-corrected chi connectivity index (χ3v) is 12.4. The van der Waals surface area contributed by atoms with Gasteiger partial charge in [-0.1, -0.05) is 188 Å². The van der Waals surface area contributed by atoms with Crippen molar-refractivity contribution in [3.8, 4) is 0 Å². The summed E-state index contributed by atoms with van der Waals surface area (Å²) >= 11 is 0. The smallest absolute Gasteiger partial charge is 0 e. The zero-order chi connectivity index (χ0) is 31.5. The van der Waals surface area contributed by atoms with Crippen molar-refractivity contribution in [3.63, 3.8) is 0 Å². The fraction of sp³-hybridized carbons (Fsp3) is 0.114. The summed E-state index contributed by atoms with van der Waals surface area (Å²) in [6, 6.07) is 64.7. The molecule has 0 saturated heterocycles. The van der Waals surface area contributed by atoms with E-state index in [1.54, 1.807) is 0 Å². The summed E-state index contributed by atoms with van der Waals surface area (Å²) in [7, 11) is -0.892. The molecule has 6 aromatic carbocycles. The monoisotopic (exact) mass is 827 g/mol. The molecule has 0 fully saturated rings. The molecule has 6 aromatic rings. The first kappa shape index (κ1) is 36.2. The summed E-state index contributed by atoms with van der Waals surface area (Å²) in [6.45, 7) is 0. The normalized spacial score (nSPS) is 12.0. The van der Waals surface area contributed by atoms with Crippen molar-refractivity contribution < 1.29 is 21.1 Å². The average Bonchev–Trinajstić information content (AvgIpc) is 3.12. The molecule has 3 heteroatoms. The van der Waals surface area contributed by atoms with Gasteiger partial charge in [0.2, 0.25) is 0 Å². The first-order valence-electron chi connectivity index (χ1n) is 16.2. The summed E-state index contributed by atoms with van der Waals surface area (Å²) in [6.07, 6.45) is 10.9. The van der Waals surface area contributed by atoms with Crippen LogP contribution in [0.25, 0.3) is 0 Å². The molecule has 0 nitrogen and oxygen atoms in total. The number of rotatable bonds is 6. The van der Waals surface area contributed by atoms with Gasteiger partial charge in [0.25, 0.3) is 0 Å². The van der Waals surface area contributed by atoms with E-state index in [1.807, 2.05) is 0 Å². The van der Waals surface area contributed by atoms with E-state index in [1.165, 1.54) is 63.9 Å². The minimum absolute atomic E-state index is 0. The van der Waals surface area contributed by atoms with Gasteiger partial charge in [0.05, 0.1) is 0 Å². The summed E-state index contributed by atoms with van der Waals surface area (Å²) in [5.41, 5.74) is 3.14. The van der Waals surface area contributed by atoms with E-state index in [-0.39, 0.29) is 21.1 Å². The predicted octanol–water partition coefficient (Wildman–Crippen LogP) is 9.55. The zero-order valence-corrected chi connectivity index (χ0v) is 30.8. The molecule has 7 rings (SSSR count). The Kier molecular flexibility index (Phi) is 16.4. The fourth-order valence-corrected chi connectivity index (χ4v) is 9.89. The Morgan fingerprint density at radius 1 is 0.298 bits per heavy atom. The topological polar surface area (TPSA) is 0 Å². The van der Waals surface area contributed by atoms with Crippen LogP contribution in [0.15, 0.2) is 200 Å². The van der Waals surface area contributed by atoms with Gasteiger partial charge in [-0.05, 0) is 85.5 Å². The maximum atomic E-state index is 3.14. The molecule has 0 heterocycles. The van der Waals surface area contributed by atoms with Gasteiger partial charge in [-0.25, -0.2) is 0 Å². The summed E-state index contributed by atoms with van der Waals surface area (Å²) in [5.74, 6) is 0. The van der Waals surface area contributed by atoms with Gasteiger partial charge in [0.1, 0.15) is 0 Å². The van der Waals surface area contributed by atoms with Gasteiger partial charge in [0, 0.05) is 21.1 Å². The maximum Gasteiger partial charge on any atom is 0 e. The van der Waals surface area contributed by atoms with E-state index in [4.69, 9.17) is 0 Å². The Labute approximate surface area is 299 Å². The Balaban J connectivity index is 0.000000171. The van der Waals surface area contributed by atoms with Gasteiger partial charge in [-0.15, -0.1) is 5.73 Å². The first-order valence-corrected chi connectivity index (χ1v) is 18.9. The Morgan fingerprint density at radius 3 is 0.723 bits per heavy atom. The number of allylic oxidation sites excluding steroid dienone is 1. The Bertz CT molecular complexity index is 1400. The molecule has 0 unspecified atom stereocenters. The first-order chi connectivity index (χ1) is 22.9. The number of hydrogen-bond acceptors (Lipinski definition) is 0. The summed E-state index contributed by atoms with van der Waals surface area (Å²) in [4.78, 5) is 0. The Morgan fingerprint density at radius 2 is 0.511 bits per heavy atom. The second-order valence-corrected chi connectivity index (χ2v) is 15.3. The minimum Gasteiger partial charge on any atom is -0.130 e. The van der Waals surface area contributed by atoms with E-state index in [9.17, 15) is 0 Å². The second kappa shape index (κ2) is 21.3. The van der Waals surface area contributed by atoms with Crippen molar-refractivity contribution in [1.82, 2.24) is 0 Å². The third kappa shape index (κ3) is 11.8. The molecular formula is C44H42P2Pt. The van der Waals surface area contributed by atoms with Crippen LogP contribution in [0.5, 0.6) is 0 Å². The van der Waals surface area contributed by atoms with Crippen LogP contribution >= 0.6 is 15.8 Å². The summed E-state index contributed by atoms with van der Waals surface area (Å²) < 4.78 is 0. The molecule has 47 heavy (non-hydrogen) atoms. The largest absolute Gasteiger partial charge is 0.130 e. The zero-order valence-electron chi connectivity index (χ0n) is 26.7. The molecule has 0 aliphatic heterocycles. The third-order valence-electron chi connectivity index (χ3n) is 7.52. The molecule has 0 bridgehead atoms. The van der Waals surface area contributed by atoms with Crippen LogP contribution < -0.4 is 31.8 Å². The molecule has 0 aromatic heterocycles. The molecule has 0 spiro atoms. The minimum atomic E-state index is -0.446. The van der Waals surface area contributed by atoms with E-state index >= 15 is 0 Å². The molecular weight excluding hydrogens is 786 g/mol.